The molecule has 31 heavy (non-hydrogen) atoms. The van der Waals surface area contributed by atoms with E-state index in [0.717, 1.165) is 52.4 Å². The summed E-state index contributed by atoms with van der Waals surface area (Å²) in [6, 6.07) is 12.0. The molecule has 3 heterocycles. The minimum Gasteiger partial charge on any atom is -0.494 e. The fraction of sp³-hybridized carbons (Fsp3) is 0.435. The van der Waals surface area contributed by atoms with Crippen LogP contribution in [0.1, 0.15) is 36.7 Å². The number of hydrogen-bond acceptors (Lipinski definition) is 6. The molecule has 0 spiro atoms. The number of nitrogens with one attached hydrogen (secondary N) is 1. The molecule has 1 aliphatic heterocycles. The lowest BCUT2D eigenvalue weighted by atomic mass is 9.97. The van der Waals surface area contributed by atoms with Crippen molar-refractivity contribution in [1.29, 1.82) is 0 Å². The number of carbonyl (C=O) groups is 1. The first-order valence-electron chi connectivity index (χ1n) is 10.8. The Hall–Kier alpha value is -2.87. The van der Waals surface area contributed by atoms with E-state index >= 15 is 0 Å². The molecule has 1 fully saturated rings. The van der Waals surface area contributed by atoms with Crippen LogP contribution in [0.3, 0.4) is 0 Å². The summed E-state index contributed by atoms with van der Waals surface area (Å²) >= 11 is 1.58. The molecule has 3 aromatic rings. The number of benzene rings is 1. The number of ether oxygens (including phenoxy) is 1. The van der Waals surface area contributed by atoms with Crippen molar-refractivity contribution in [2.24, 2.45) is 5.92 Å². The van der Waals surface area contributed by atoms with Crippen LogP contribution in [0.15, 0.2) is 36.4 Å². The molecule has 1 aliphatic rings. The first kappa shape index (κ1) is 21.4. The predicted octanol–water partition coefficient (Wildman–Crippen LogP) is 3.88. The highest BCUT2D eigenvalue weighted by molar-refractivity contribution is 7.17. The molecule has 0 unspecified atom stereocenters. The van der Waals surface area contributed by atoms with Gasteiger partial charge in [0.05, 0.1) is 12.5 Å². The minimum atomic E-state index is -0.0427. The number of aromatic nitrogens is 3. The molecule has 8 heteroatoms. The highest BCUT2D eigenvalue weighted by atomic mass is 32.1. The number of nitrogens with zero attached hydrogens (tertiary/aromatic N) is 4. The number of rotatable bonds is 7. The number of hydrogen-bond donors (Lipinski definition) is 1. The first-order valence-corrected chi connectivity index (χ1v) is 11.6. The fourth-order valence-electron chi connectivity index (χ4n) is 3.96. The Morgan fingerprint density at radius 3 is 2.55 bits per heavy atom. The van der Waals surface area contributed by atoms with Gasteiger partial charge in [0.25, 0.3) is 0 Å². The van der Waals surface area contributed by atoms with E-state index in [1.165, 1.54) is 0 Å². The lowest BCUT2D eigenvalue weighted by Gasteiger charge is -2.31. The molecule has 2 aromatic heterocycles. The van der Waals surface area contributed by atoms with Crippen LogP contribution in [-0.2, 0) is 11.3 Å². The van der Waals surface area contributed by atoms with E-state index in [9.17, 15) is 4.79 Å². The summed E-state index contributed by atoms with van der Waals surface area (Å²) in [6.45, 7) is 8.85. The molecule has 0 bridgehead atoms. The lowest BCUT2D eigenvalue weighted by Crippen LogP contribution is -2.43. The predicted molar refractivity (Wildman–Crippen MR) is 123 cm³/mol. The van der Waals surface area contributed by atoms with Gasteiger partial charge < -0.3 is 15.0 Å². The van der Waals surface area contributed by atoms with Crippen LogP contribution >= 0.6 is 11.3 Å². The van der Waals surface area contributed by atoms with Crippen molar-refractivity contribution in [3.05, 3.63) is 53.3 Å². The van der Waals surface area contributed by atoms with Gasteiger partial charge in [0.15, 0.2) is 0 Å². The van der Waals surface area contributed by atoms with Crippen LogP contribution in [0.2, 0.25) is 0 Å². The van der Waals surface area contributed by atoms with Crippen molar-refractivity contribution in [3.8, 4) is 10.9 Å². The summed E-state index contributed by atoms with van der Waals surface area (Å²) in [5.74, 6) is 0.904. The third-order valence-electron chi connectivity index (χ3n) is 5.63. The van der Waals surface area contributed by atoms with Gasteiger partial charge in [-0.2, -0.15) is 0 Å². The average Bonchev–Trinajstić information content (AvgIpc) is 3.39. The maximum absolute atomic E-state index is 12.8. The lowest BCUT2D eigenvalue weighted by molar-refractivity contribution is -0.125. The van der Waals surface area contributed by atoms with Crippen LogP contribution in [0.5, 0.6) is 5.75 Å². The summed E-state index contributed by atoms with van der Waals surface area (Å²) < 4.78 is 7.59. The van der Waals surface area contributed by atoms with Gasteiger partial charge in [0, 0.05) is 31.0 Å². The second-order valence-corrected chi connectivity index (χ2v) is 8.83. The zero-order valence-electron chi connectivity index (χ0n) is 18.3. The Bertz CT molecular complexity index is 1010. The molecule has 164 valence electrons. The van der Waals surface area contributed by atoms with E-state index in [-0.39, 0.29) is 11.8 Å². The molecule has 7 nitrogen and oxygen atoms in total. The van der Waals surface area contributed by atoms with Crippen LogP contribution in [0.25, 0.3) is 5.13 Å². The van der Waals surface area contributed by atoms with E-state index in [1.807, 2.05) is 31.2 Å². The van der Waals surface area contributed by atoms with Gasteiger partial charge in [-0.3, -0.25) is 9.36 Å². The number of aryl methyl sites for hydroxylation is 2. The quantitative estimate of drug-likeness (QED) is 0.605. The van der Waals surface area contributed by atoms with Gasteiger partial charge in [-0.05, 0) is 63.4 Å². The van der Waals surface area contributed by atoms with Crippen LogP contribution in [0, 0.1) is 19.8 Å². The third-order valence-corrected chi connectivity index (χ3v) is 6.60. The van der Waals surface area contributed by atoms with Gasteiger partial charge in [0.1, 0.15) is 5.75 Å². The zero-order chi connectivity index (χ0) is 21.8. The fourth-order valence-corrected chi connectivity index (χ4v) is 4.97. The molecule has 1 aromatic carbocycles. The van der Waals surface area contributed by atoms with Crippen molar-refractivity contribution >= 4 is 22.4 Å². The van der Waals surface area contributed by atoms with Gasteiger partial charge >= 0.3 is 0 Å². The maximum atomic E-state index is 12.8. The van der Waals surface area contributed by atoms with Crippen molar-refractivity contribution in [1.82, 2.24) is 20.1 Å². The minimum absolute atomic E-state index is 0.0427. The topological polar surface area (TPSA) is 72.3 Å². The summed E-state index contributed by atoms with van der Waals surface area (Å²) in [7, 11) is 0. The summed E-state index contributed by atoms with van der Waals surface area (Å²) in [5.41, 5.74) is 3.35. The monoisotopic (exact) mass is 439 g/mol. The molecule has 1 atom stereocenters. The maximum Gasteiger partial charge on any atom is 0.225 e. The Morgan fingerprint density at radius 2 is 1.84 bits per heavy atom. The van der Waals surface area contributed by atoms with E-state index in [0.29, 0.717) is 19.7 Å². The standard InChI is InChI=1S/C23H29N5O2S/c1-4-30-20-11-9-18(10-12-20)14-24-21(29)19-6-5-13-27(15-19)22-25-26-23(31-22)28-16(2)7-8-17(28)3/h7-12,19H,4-6,13-15H2,1-3H3,(H,24,29)/t19-/m1/s1. The molecule has 1 amide bonds. The van der Waals surface area contributed by atoms with Gasteiger partial charge in [-0.1, -0.05) is 23.5 Å². The van der Waals surface area contributed by atoms with E-state index in [1.54, 1.807) is 11.3 Å². The van der Waals surface area contributed by atoms with Crippen molar-refractivity contribution < 1.29 is 9.53 Å². The second-order valence-electron chi connectivity index (χ2n) is 7.90. The molecular formula is C23H29N5O2S. The molecule has 1 N–H and O–H groups in total. The van der Waals surface area contributed by atoms with Gasteiger partial charge in [0.2, 0.25) is 16.2 Å². The van der Waals surface area contributed by atoms with Crippen molar-refractivity contribution in [2.45, 2.75) is 40.2 Å². The molecule has 0 saturated carbocycles. The number of amides is 1. The second kappa shape index (κ2) is 9.51. The molecule has 0 aliphatic carbocycles. The number of carbonyl (C=O) groups excluding carboxylic acids is 1. The Kier molecular flexibility index (Phi) is 6.56. The Morgan fingerprint density at radius 1 is 1.13 bits per heavy atom. The Labute approximate surface area is 187 Å². The van der Waals surface area contributed by atoms with E-state index < -0.39 is 0 Å². The largest absolute Gasteiger partial charge is 0.494 e. The normalized spacial score (nSPS) is 16.4. The summed E-state index contributed by atoms with van der Waals surface area (Å²) in [6.07, 6.45) is 1.87. The van der Waals surface area contributed by atoms with E-state index in [2.05, 4.69) is 51.0 Å². The first-order chi connectivity index (χ1) is 15.0. The van der Waals surface area contributed by atoms with Crippen molar-refractivity contribution in [2.75, 3.05) is 24.6 Å². The smallest absolute Gasteiger partial charge is 0.225 e. The van der Waals surface area contributed by atoms with Crippen LogP contribution < -0.4 is 15.0 Å². The number of piperidine rings is 1. The number of anilines is 1. The van der Waals surface area contributed by atoms with Crippen molar-refractivity contribution in [3.63, 3.8) is 0 Å². The summed E-state index contributed by atoms with van der Waals surface area (Å²) in [5, 5.41) is 13.7. The average molecular weight is 440 g/mol. The van der Waals surface area contributed by atoms with E-state index in [4.69, 9.17) is 4.74 Å². The zero-order valence-corrected chi connectivity index (χ0v) is 19.1. The van der Waals surface area contributed by atoms with Crippen LogP contribution in [-0.4, -0.2) is 40.4 Å². The Balaban J connectivity index is 1.35. The van der Waals surface area contributed by atoms with Gasteiger partial charge in [-0.15, -0.1) is 10.2 Å². The molecule has 0 radical (unpaired) electrons. The molecule has 1 saturated heterocycles. The highest BCUT2D eigenvalue weighted by Crippen LogP contribution is 2.29. The highest BCUT2D eigenvalue weighted by Gasteiger charge is 2.28. The SMILES string of the molecule is CCOc1ccc(CNC(=O)[C@@H]2CCCN(c3nnc(-n4c(C)ccc4C)s3)C2)cc1. The van der Waals surface area contributed by atoms with Gasteiger partial charge in [-0.25, -0.2) is 0 Å². The summed E-state index contributed by atoms with van der Waals surface area (Å²) in [4.78, 5) is 15.0. The molecule has 4 rings (SSSR count). The molecular weight excluding hydrogens is 410 g/mol. The third kappa shape index (κ3) is 4.90. The van der Waals surface area contributed by atoms with Crippen LogP contribution in [0.4, 0.5) is 5.13 Å².